The number of hydrogen-bond donors (Lipinski definition) is 1. The van der Waals surface area contributed by atoms with Gasteiger partial charge in [-0.3, -0.25) is 9.59 Å². The maximum atomic E-state index is 13.8. The van der Waals surface area contributed by atoms with Gasteiger partial charge in [0.1, 0.15) is 6.04 Å². The molecule has 2 amide bonds. The van der Waals surface area contributed by atoms with E-state index in [0.717, 1.165) is 22.3 Å². The number of nitrogens with zero attached hydrogens (tertiary/aromatic N) is 1. The summed E-state index contributed by atoms with van der Waals surface area (Å²) in [5, 5.41) is 3.67. The Morgan fingerprint density at radius 2 is 1.41 bits per heavy atom. The van der Waals surface area contributed by atoms with E-state index in [2.05, 4.69) is 5.32 Å². The van der Waals surface area contributed by atoms with E-state index in [4.69, 9.17) is 21.1 Å². The summed E-state index contributed by atoms with van der Waals surface area (Å²) in [5.41, 5.74) is 3.63. The first-order valence-electron chi connectivity index (χ1n) is 12.8. The lowest BCUT2D eigenvalue weighted by molar-refractivity contribution is -0.140. The van der Waals surface area contributed by atoms with Crippen LogP contribution >= 0.6 is 11.6 Å². The highest BCUT2D eigenvalue weighted by molar-refractivity contribution is 6.30. The average Bonchev–Trinajstić information content (AvgIpc) is 3.44. The fourth-order valence-electron chi connectivity index (χ4n) is 4.57. The van der Waals surface area contributed by atoms with E-state index in [1.54, 1.807) is 17.0 Å². The van der Waals surface area contributed by atoms with Crippen LogP contribution in [0.1, 0.15) is 22.3 Å². The molecular weight excluding hydrogens is 512 g/mol. The number of carbonyl (C=O) groups excluding carboxylic acids is 2. The van der Waals surface area contributed by atoms with Crippen molar-refractivity contribution in [1.29, 1.82) is 0 Å². The van der Waals surface area contributed by atoms with E-state index < -0.39 is 6.04 Å². The summed E-state index contributed by atoms with van der Waals surface area (Å²) in [7, 11) is 0. The Morgan fingerprint density at radius 1 is 0.769 bits per heavy atom. The molecule has 0 fully saturated rings. The zero-order chi connectivity index (χ0) is 27.0. The van der Waals surface area contributed by atoms with Crippen LogP contribution < -0.4 is 14.8 Å². The molecule has 1 atom stereocenters. The Labute approximate surface area is 233 Å². The summed E-state index contributed by atoms with van der Waals surface area (Å²) < 4.78 is 10.9. The van der Waals surface area contributed by atoms with Gasteiger partial charge >= 0.3 is 0 Å². The smallest absolute Gasteiger partial charge is 0.243 e. The molecule has 0 aromatic heterocycles. The van der Waals surface area contributed by atoms with Crippen LogP contribution in [-0.2, 0) is 35.5 Å². The van der Waals surface area contributed by atoms with E-state index >= 15 is 0 Å². The third kappa shape index (κ3) is 6.98. The molecule has 39 heavy (non-hydrogen) atoms. The minimum atomic E-state index is -0.728. The molecule has 1 N–H and O–H groups in total. The fraction of sp³-hybridized carbons (Fsp3) is 0.188. The maximum absolute atomic E-state index is 13.8. The molecule has 198 valence electrons. The standard InChI is InChI=1S/C32H29ClN2O4/c33-27-14-11-25(12-15-27)21-35(31(36)19-24-9-5-2-6-10-24)28(17-23-7-3-1-4-8-23)32(37)34-20-26-13-16-29-30(18-26)39-22-38-29/h1-16,18,28H,17,19-22H2,(H,34,37)/t28-/m0/s1. The number of rotatable bonds is 10. The molecule has 4 aromatic carbocycles. The van der Waals surface area contributed by atoms with Crippen LogP contribution in [0.4, 0.5) is 0 Å². The normalized spacial score (nSPS) is 12.5. The van der Waals surface area contributed by atoms with Gasteiger partial charge in [-0.05, 0) is 46.5 Å². The zero-order valence-corrected chi connectivity index (χ0v) is 22.1. The van der Waals surface area contributed by atoms with Gasteiger partial charge in [-0.1, -0.05) is 90.5 Å². The number of carbonyl (C=O) groups is 2. The number of amides is 2. The summed E-state index contributed by atoms with van der Waals surface area (Å²) >= 11 is 6.11. The van der Waals surface area contributed by atoms with Crippen molar-refractivity contribution in [2.45, 2.75) is 32.0 Å². The van der Waals surface area contributed by atoms with Gasteiger partial charge in [0.25, 0.3) is 0 Å². The first kappa shape index (κ1) is 26.3. The second-order valence-electron chi connectivity index (χ2n) is 9.42. The summed E-state index contributed by atoms with van der Waals surface area (Å²) in [6.45, 7) is 0.758. The fourth-order valence-corrected chi connectivity index (χ4v) is 4.70. The van der Waals surface area contributed by atoms with E-state index in [1.807, 2.05) is 91.0 Å². The van der Waals surface area contributed by atoms with Gasteiger partial charge in [-0.2, -0.15) is 0 Å². The Morgan fingerprint density at radius 3 is 2.13 bits per heavy atom. The zero-order valence-electron chi connectivity index (χ0n) is 21.4. The van der Waals surface area contributed by atoms with Crippen molar-refractivity contribution < 1.29 is 19.1 Å². The van der Waals surface area contributed by atoms with E-state index in [-0.39, 0.29) is 31.6 Å². The van der Waals surface area contributed by atoms with E-state index in [9.17, 15) is 9.59 Å². The first-order chi connectivity index (χ1) is 19.0. The second kappa shape index (κ2) is 12.5. The molecular formula is C32H29ClN2O4. The lowest BCUT2D eigenvalue weighted by Gasteiger charge is -2.32. The molecule has 0 spiro atoms. The van der Waals surface area contributed by atoms with Crippen molar-refractivity contribution >= 4 is 23.4 Å². The molecule has 5 rings (SSSR count). The minimum absolute atomic E-state index is 0.129. The van der Waals surface area contributed by atoms with E-state index in [1.165, 1.54) is 0 Å². The van der Waals surface area contributed by atoms with Crippen LogP contribution in [0, 0.1) is 0 Å². The number of ether oxygens (including phenoxy) is 2. The molecule has 6 nitrogen and oxygen atoms in total. The lowest BCUT2D eigenvalue weighted by atomic mass is 10.0. The highest BCUT2D eigenvalue weighted by Crippen LogP contribution is 2.32. The molecule has 1 heterocycles. The molecule has 0 saturated heterocycles. The maximum Gasteiger partial charge on any atom is 0.243 e. The average molecular weight is 541 g/mol. The predicted molar refractivity (Wildman–Crippen MR) is 150 cm³/mol. The summed E-state index contributed by atoms with van der Waals surface area (Å²) in [4.78, 5) is 29.3. The number of fused-ring (bicyclic) bond motifs is 1. The van der Waals surface area contributed by atoms with Crippen molar-refractivity contribution in [3.63, 3.8) is 0 Å². The van der Waals surface area contributed by atoms with Gasteiger partial charge in [0.15, 0.2) is 11.5 Å². The molecule has 1 aliphatic heterocycles. The van der Waals surface area contributed by atoms with Gasteiger partial charge in [0, 0.05) is 24.5 Å². The van der Waals surface area contributed by atoms with Crippen LogP contribution in [-0.4, -0.2) is 29.5 Å². The minimum Gasteiger partial charge on any atom is -0.454 e. The largest absolute Gasteiger partial charge is 0.454 e. The van der Waals surface area contributed by atoms with Gasteiger partial charge in [-0.15, -0.1) is 0 Å². The number of halogens is 1. The number of hydrogen-bond acceptors (Lipinski definition) is 4. The van der Waals surface area contributed by atoms with Crippen LogP contribution in [0.25, 0.3) is 0 Å². The second-order valence-corrected chi connectivity index (χ2v) is 9.86. The molecule has 7 heteroatoms. The van der Waals surface area contributed by atoms with Crippen molar-refractivity contribution in [3.05, 3.63) is 130 Å². The van der Waals surface area contributed by atoms with Gasteiger partial charge < -0.3 is 19.7 Å². The van der Waals surface area contributed by atoms with Crippen LogP contribution in [0.5, 0.6) is 11.5 Å². The van der Waals surface area contributed by atoms with Gasteiger partial charge in [0.2, 0.25) is 18.6 Å². The third-order valence-corrected chi connectivity index (χ3v) is 6.89. The monoisotopic (exact) mass is 540 g/mol. The van der Waals surface area contributed by atoms with Crippen LogP contribution in [0.2, 0.25) is 5.02 Å². The van der Waals surface area contributed by atoms with Crippen molar-refractivity contribution in [1.82, 2.24) is 10.2 Å². The number of nitrogens with one attached hydrogen (secondary N) is 1. The summed E-state index contributed by atoms with van der Waals surface area (Å²) in [6, 6.07) is 31.5. The third-order valence-electron chi connectivity index (χ3n) is 6.64. The van der Waals surface area contributed by atoms with Crippen molar-refractivity contribution in [3.8, 4) is 11.5 Å². The Kier molecular flexibility index (Phi) is 8.44. The van der Waals surface area contributed by atoms with Crippen molar-refractivity contribution in [2.75, 3.05) is 6.79 Å². The SMILES string of the molecule is O=C(NCc1ccc2c(c1)OCO2)[C@H](Cc1ccccc1)N(Cc1ccc(Cl)cc1)C(=O)Cc1ccccc1. The molecule has 0 radical (unpaired) electrons. The molecule has 1 aliphatic rings. The van der Waals surface area contributed by atoms with Crippen LogP contribution in [0.3, 0.4) is 0 Å². The Hall–Kier alpha value is -4.29. The topological polar surface area (TPSA) is 67.9 Å². The van der Waals surface area contributed by atoms with Gasteiger partial charge in [0.05, 0.1) is 6.42 Å². The molecule has 4 aromatic rings. The quantitative estimate of drug-likeness (QED) is 0.286. The molecule has 0 saturated carbocycles. The summed E-state index contributed by atoms with van der Waals surface area (Å²) in [6.07, 6.45) is 0.567. The molecule has 0 unspecified atom stereocenters. The Bertz CT molecular complexity index is 1410. The molecule has 0 aliphatic carbocycles. The molecule has 0 bridgehead atoms. The van der Waals surface area contributed by atoms with E-state index in [0.29, 0.717) is 29.5 Å². The highest BCUT2D eigenvalue weighted by atomic mass is 35.5. The summed E-state index contributed by atoms with van der Waals surface area (Å²) in [5.74, 6) is 0.986. The number of benzene rings is 4. The first-order valence-corrected chi connectivity index (χ1v) is 13.2. The Balaban J connectivity index is 1.42. The lowest BCUT2D eigenvalue weighted by Crippen LogP contribution is -2.50. The predicted octanol–water partition coefficient (Wildman–Crippen LogP) is 5.57. The highest BCUT2D eigenvalue weighted by Gasteiger charge is 2.30. The van der Waals surface area contributed by atoms with Gasteiger partial charge in [-0.25, -0.2) is 0 Å². The van der Waals surface area contributed by atoms with Crippen molar-refractivity contribution in [2.24, 2.45) is 0 Å². The van der Waals surface area contributed by atoms with Crippen LogP contribution in [0.15, 0.2) is 103 Å².